The van der Waals surface area contributed by atoms with Crippen LogP contribution in [0.15, 0.2) is 0 Å². The first kappa shape index (κ1) is 12.9. The summed E-state index contributed by atoms with van der Waals surface area (Å²) in [5, 5.41) is 3.19. The van der Waals surface area contributed by atoms with E-state index in [1.807, 2.05) is 0 Å². The quantitative estimate of drug-likeness (QED) is 0.811. The number of anilines is 2. The summed E-state index contributed by atoms with van der Waals surface area (Å²) >= 11 is 5.68. The van der Waals surface area contributed by atoms with Crippen molar-refractivity contribution >= 4 is 23.5 Å². The summed E-state index contributed by atoms with van der Waals surface area (Å²) < 4.78 is 5.10. The third kappa shape index (κ3) is 3.79. The smallest absolute Gasteiger partial charge is 0.229 e. The molecule has 1 heterocycles. The summed E-state index contributed by atoms with van der Waals surface area (Å²) in [5.74, 6) is 0.840. The average molecular weight is 246 g/mol. The van der Waals surface area contributed by atoms with E-state index >= 15 is 0 Å². The van der Waals surface area contributed by atoms with Gasteiger partial charge in [0.1, 0.15) is 0 Å². The summed E-state index contributed by atoms with van der Waals surface area (Å²) in [4.78, 5) is 11.6. The van der Waals surface area contributed by atoms with E-state index in [1.165, 1.54) is 0 Å². The number of hydrogen-bond donors (Lipinski definition) is 2. The van der Waals surface area contributed by atoms with Crippen LogP contribution in [0.5, 0.6) is 0 Å². The van der Waals surface area contributed by atoms with Gasteiger partial charge in [0.2, 0.25) is 17.2 Å². The number of hydrogen-bond acceptors (Lipinski definition) is 6. The number of halogens is 1. The molecule has 3 N–H and O–H groups in total. The van der Waals surface area contributed by atoms with E-state index in [4.69, 9.17) is 22.1 Å². The van der Waals surface area contributed by atoms with Crippen LogP contribution in [-0.2, 0) is 4.74 Å². The molecule has 6 nitrogen and oxygen atoms in total. The summed E-state index contributed by atoms with van der Waals surface area (Å²) in [6, 6.07) is 0.0999. The van der Waals surface area contributed by atoms with Crippen LogP contribution in [0.3, 0.4) is 0 Å². The Morgan fingerprint density at radius 1 is 1.38 bits per heavy atom. The maximum absolute atomic E-state index is 5.68. The van der Waals surface area contributed by atoms with Crippen molar-refractivity contribution in [3.8, 4) is 0 Å². The highest BCUT2D eigenvalue weighted by molar-refractivity contribution is 6.28. The predicted molar refractivity (Wildman–Crippen MR) is 63.4 cm³/mol. The van der Waals surface area contributed by atoms with E-state index in [-0.39, 0.29) is 17.3 Å². The fourth-order valence-electron chi connectivity index (χ4n) is 1.18. The third-order valence-electron chi connectivity index (χ3n) is 2.09. The van der Waals surface area contributed by atoms with Crippen LogP contribution < -0.4 is 11.1 Å². The SMILES string of the molecule is COCC(Nc1nc(N)nc(Cl)n1)C(C)C. The number of nitrogens with zero attached hydrogens (tertiary/aromatic N) is 3. The maximum Gasteiger partial charge on any atom is 0.229 e. The van der Waals surface area contributed by atoms with E-state index in [1.54, 1.807) is 7.11 Å². The number of aromatic nitrogens is 3. The fourth-order valence-corrected chi connectivity index (χ4v) is 1.34. The molecule has 0 saturated heterocycles. The van der Waals surface area contributed by atoms with Gasteiger partial charge in [-0.15, -0.1) is 0 Å². The molecule has 0 saturated carbocycles. The van der Waals surface area contributed by atoms with Crippen molar-refractivity contribution in [2.75, 3.05) is 24.8 Å². The first-order valence-electron chi connectivity index (χ1n) is 4.95. The molecule has 1 atom stereocenters. The molecule has 1 unspecified atom stereocenters. The first-order chi connectivity index (χ1) is 7.52. The minimum atomic E-state index is 0.0786. The summed E-state index contributed by atoms with van der Waals surface area (Å²) in [5.41, 5.74) is 5.47. The van der Waals surface area contributed by atoms with E-state index in [9.17, 15) is 0 Å². The molecule has 0 spiro atoms. The Morgan fingerprint density at radius 2 is 2.06 bits per heavy atom. The minimum absolute atomic E-state index is 0.0786. The van der Waals surface area contributed by atoms with E-state index in [0.29, 0.717) is 18.5 Å². The standard InChI is InChI=1S/C9H16ClN5O/c1-5(2)6(4-16-3)12-9-14-7(10)13-8(11)15-9/h5-6H,4H2,1-3H3,(H3,11,12,13,14,15). The van der Waals surface area contributed by atoms with Gasteiger partial charge in [0.25, 0.3) is 0 Å². The lowest BCUT2D eigenvalue weighted by atomic mass is 10.1. The highest BCUT2D eigenvalue weighted by atomic mass is 35.5. The Labute approximate surface area is 99.6 Å². The Morgan fingerprint density at radius 3 is 2.56 bits per heavy atom. The molecule has 0 aliphatic carbocycles. The number of ether oxygens (including phenoxy) is 1. The molecule has 0 amide bonds. The predicted octanol–water partition coefficient (Wildman–Crippen LogP) is 1.19. The molecule has 1 aromatic rings. The van der Waals surface area contributed by atoms with Gasteiger partial charge < -0.3 is 15.8 Å². The Hall–Kier alpha value is -1.14. The van der Waals surface area contributed by atoms with Gasteiger partial charge in [0.05, 0.1) is 12.6 Å². The van der Waals surface area contributed by atoms with Gasteiger partial charge in [-0.1, -0.05) is 13.8 Å². The molecule has 0 bridgehead atoms. The molecule has 1 rings (SSSR count). The van der Waals surface area contributed by atoms with Crippen molar-refractivity contribution in [3.63, 3.8) is 0 Å². The third-order valence-corrected chi connectivity index (χ3v) is 2.26. The summed E-state index contributed by atoms with van der Waals surface area (Å²) in [6.07, 6.45) is 0. The van der Waals surface area contributed by atoms with Crippen molar-refractivity contribution in [3.05, 3.63) is 5.28 Å². The monoisotopic (exact) mass is 245 g/mol. The normalized spacial score (nSPS) is 12.8. The van der Waals surface area contributed by atoms with Crippen molar-refractivity contribution in [1.82, 2.24) is 15.0 Å². The lowest BCUT2D eigenvalue weighted by Crippen LogP contribution is -2.31. The van der Waals surface area contributed by atoms with Gasteiger partial charge in [-0.05, 0) is 17.5 Å². The molecule has 0 radical (unpaired) electrons. The van der Waals surface area contributed by atoms with Crippen LogP contribution in [0.1, 0.15) is 13.8 Å². The second-order valence-electron chi connectivity index (χ2n) is 3.74. The molecule has 0 aliphatic rings. The molecule has 0 aromatic carbocycles. The van der Waals surface area contributed by atoms with Crippen LogP contribution in [-0.4, -0.2) is 34.7 Å². The van der Waals surface area contributed by atoms with Gasteiger partial charge in [0.15, 0.2) is 0 Å². The Bertz CT molecular complexity index is 326. The van der Waals surface area contributed by atoms with E-state index in [2.05, 4.69) is 34.1 Å². The lowest BCUT2D eigenvalue weighted by molar-refractivity contribution is 0.171. The number of methoxy groups -OCH3 is 1. The molecule has 1 aromatic heterocycles. The van der Waals surface area contributed by atoms with Gasteiger partial charge in [0, 0.05) is 7.11 Å². The van der Waals surface area contributed by atoms with Crippen molar-refractivity contribution in [2.24, 2.45) is 5.92 Å². The van der Waals surface area contributed by atoms with Crippen LogP contribution in [0.4, 0.5) is 11.9 Å². The summed E-state index contributed by atoms with van der Waals surface area (Å²) in [7, 11) is 1.64. The van der Waals surface area contributed by atoms with E-state index in [0.717, 1.165) is 0 Å². The molecule has 0 aliphatic heterocycles. The van der Waals surface area contributed by atoms with Crippen molar-refractivity contribution < 1.29 is 4.74 Å². The molecule has 0 fully saturated rings. The highest BCUT2D eigenvalue weighted by Gasteiger charge is 2.14. The zero-order valence-corrected chi connectivity index (χ0v) is 10.3. The van der Waals surface area contributed by atoms with Gasteiger partial charge in [-0.25, -0.2) is 0 Å². The zero-order valence-electron chi connectivity index (χ0n) is 9.57. The van der Waals surface area contributed by atoms with Crippen LogP contribution in [0.2, 0.25) is 5.28 Å². The number of rotatable bonds is 5. The highest BCUT2D eigenvalue weighted by Crippen LogP contribution is 2.11. The first-order valence-corrected chi connectivity index (χ1v) is 5.33. The Balaban J connectivity index is 2.76. The van der Waals surface area contributed by atoms with Crippen LogP contribution in [0, 0.1) is 5.92 Å². The lowest BCUT2D eigenvalue weighted by Gasteiger charge is -2.21. The topological polar surface area (TPSA) is 86.0 Å². The molecular weight excluding hydrogens is 230 g/mol. The van der Waals surface area contributed by atoms with Crippen molar-refractivity contribution in [2.45, 2.75) is 19.9 Å². The molecular formula is C9H16ClN5O. The second kappa shape index (κ2) is 5.81. The number of nitrogen functional groups attached to an aromatic ring is 1. The van der Waals surface area contributed by atoms with Gasteiger partial charge in [-0.2, -0.15) is 15.0 Å². The van der Waals surface area contributed by atoms with E-state index < -0.39 is 0 Å². The number of nitrogens with one attached hydrogen (secondary N) is 1. The van der Waals surface area contributed by atoms with Crippen LogP contribution in [0.25, 0.3) is 0 Å². The van der Waals surface area contributed by atoms with Crippen molar-refractivity contribution in [1.29, 1.82) is 0 Å². The van der Waals surface area contributed by atoms with Crippen LogP contribution >= 0.6 is 11.6 Å². The average Bonchev–Trinajstić information content (AvgIpc) is 2.15. The molecule has 90 valence electrons. The molecule has 16 heavy (non-hydrogen) atoms. The Kier molecular flexibility index (Phi) is 4.70. The zero-order chi connectivity index (χ0) is 12.1. The largest absolute Gasteiger partial charge is 0.383 e. The fraction of sp³-hybridized carbons (Fsp3) is 0.667. The summed E-state index contributed by atoms with van der Waals surface area (Å²) in [6.45, 7) is 4.70. The second-order valence-corrected chi connectivity index (χ2v) is 4.07. The maximum atomic E-state index is 5.68. The van der Waals surface area contributed by atoms with Gasteiger partial charge >= 0.3 is 0 Å². The minimum Gasteiger partial charge on any atom is -0.383 e. The number of nitrogens with two attached hydrogens (primary N) is 1. The molecule has 7 heteroatoms. The van der Waals surface area contributed by atoms with Gasteiger partial charge in [-0.3, -0.25) is 0 Å².